The maximum absolute atomic E-state index is 9.91. The fraction of sp³-hybridized carbons (Fsp3) is 0.533. The molecule has 1 N–H and O–H groups in total. The number of nitrogens with zero attached hydrogens (tertiary/aromatic N) is 1. The Morgan fingerprint density at radius 2 is 1.95 bits per heavy atom. The van der Waals surface area contributed by atoms with Crippen LogP contribution in [0.15, 0.2) is 23.2 Å². The van der Waals surface area contributed by atoms with Crippen LogP contribution < -0.4 is 0 Å². The van der Waals surface area contributed by atoms with E-state index in [1.54, 1.807) is 0 Å². The molecule has 0 radical (unpaired) electrons. The molecule has 0 aromatic heterocycles. The second-order valence-electron chi connectivity index (χ2n) is 5.51. The Labute approximate surface area is 139 Å². The number of fused-ring (bicyclic) bond motifs is 1. The standard InChI is InChI=1S/C15H19NO.2ClH.Zr/c1-10-3-2-4-12(15(10)17)9-16-14-8-6-11-5-7-13(11)14;;;/h2-4,9,11,13-14,17H,5-8H2,1H3;2*1H;/q;;;+2/p-2. The van der Waals surface area contributed by atoms with Gasteiger partial charge in [0.25, 0.3) is 0 Å². The zero-order valence-corrected chi connectivity index (χ0v) is 15.5. The molecule has 3 unspecified atom stereocenters. The maximum atomic E-state index is 9.91. The molecule has 2 aliphatic rings. The first-order chi connectivity index (χ1) is 9.67. The van der Waals surface area contributed by atoms with Gasteiger partial charge in [0.1, 0.15) is 5.75 Å². The van der Waals surface area contributed by atoms with E-state index in [-0.39, 0.29) is 0 Å². The predicted octanol–water partition coefficient (Wildman–Crippen LogP) is 4.68. The number of phenols is 1. The molecule has 2 fully saturated rings. The molecule has 5 heteroatoms. The van der Waals surface area contributed by atoms with Crippen molar-refractivity contribution >= 4 is 23.2 Å². The van der Waals surface area contributed by atoms with Crippen molar-refractivity contribution in [2.75, 3.05) is 0 Å². The van der Waals surface area contributed by atoms with Crippen LogP contribution in [0.2, 0.25) is 0 Å². The molecule has 0 aliphatic heterocycles. The zero-order valence-electron chi connectivity index (χ0n) is 11.5. The van der Waals surface area contributed by atoms with Gasteiger partial charge < -0.3 is 5.11 Å². The van der Waals surface area contributed by atoms with E-state index >= 15 is 0 Å². The van der Waals surface area contributed by atoms with Gasteiger partial charge in [0.05, 0.1) is 6.04 Å². The fourth-order valence-corrected chi connectivity index (χ4v) is 3.21. The van der Waals surface area contributed by atoms with Crippen molar-refractivity contribution in [3.63, 3.8) is 0 Å². The van der Waals surface area contributed by atoms with Crippen molar-refractivity contribution in [2.45, 2.75) is 38.6 Å². The van der Waals surface area contributed by atoms with Crippen LogP contribution in [0.5, 0.6) is 5.75 Å². The van der Waals surface area contributed by atoms with Gasteiger partial charge in [-0.25, -0.2) is 0 Å². The Morgan fingerprint density at radius 1 is 1.25 bits per heavy atom. The Balaban J connectivity index is 0.000000452. The molecule has 0 spiro atoms. The minimum absolute atomic E-state index is 0.374. The van der Waals surface area contributed by atoms with Crippen molar-refractivity contribution in [3.8, 4) is 5.75 Å². The molecular formula is C15H19Cl2NOZr. The van der Waals surface area contributed by atoms with Crippen LogP contribution in [0.4, 0.5) is 0 Å². The van der Waals surface area contributed by atoms with Crippen LogP contribution in [-0.2, 0) is 20.8 Å². The van der Waals surface area contributed by atoms with E-state index in [1.807, 2.05) is 31.3 Å². The first-order valence-corrected chi connectivity index (χ1v) is 13.3. The predicted molar refractivity (Wildman–Crippen MR) is 81.4 cm³/mol. The molecule has 3 rings (SSSR count). The number of hydrogen-bond donors (Lipinski definition) is 1. The van der Waals surface area contributed by atoms with E-state index in [1.165, 1.54) is 25.7 Å². The topological polar surface area (TPSA) is 32.6 Å². The van der Waals surface area contributed by atoms with E-state index in [2.05, 4.69) is 0 Å². The molecule has 0 bridgehead atoms. The number of rotatable bonds is 2. The Kier molecular flexibility index (Phi) is 6.58. The summed E-state index contributed by atoms with van der Waals surface area (Å²) in [4.78, 5) is 4.69. The van der Waals surface area contributed by atoms with Crippen LogP contribution in [0.3, 0.4) is 0 Å². The van der Waals surface area contributed by atoms with Crippen LogP contribution in [0, 0.1) is 18.8 Å². The van der Waals surface area contributed by atoms with E-state index in [9.17, 15) is 5.11 Å². The van der Waals surface area contributed by atoms with Gasteiger partial charge in [-0.1, -0.05) is 12.1 Å². The third-order valence-corrected chi connectivity index (χ3v) is 4.48. The summed E-state index contributed by atoms with van der Waals surface area (Å²) in [7, 11) is 9.87. The number of para-hydroxylation sites is 1. The average molecular weight is 391 g/mol. The monoisotopic (exact) mass is 389 g/mol. The molecular weight excluding hydrogens is 372 g/mol. The molecule has 0 heterocycles. The summed E-state index contributed by atoms with van der Waals surface area (Å²) < 4.78 is 0. The van der Waals surface area contributed by atoms with E-state index in [0.29, 0.717) is 11.8 Å². The van der Waals surface area contributed by atoms with Crippen LogP contribution >= 0.6 is 17.0 Å². The van der Waals surface area contributed by atoms with Crippen molar-refractivity contribution < 1.29 is 26.0 Å². The summed E-state index contributed by atoms with van der Waals surface area (Å²) in [6.45, 7) is 1.92. The Hall–Kier alpha value is 0.153. The van der Waals surface area contributed by atoms with Gasteiger partial charge >= 0.3 is 37.9 Å². The summed E-state index contributed by atoms with van der Waals surface area (Å²) in [5, 5.41) is 9.91. The summed E-state index contributed by atoms with van der Waals surface area (Å²) in [6, 6.07) is 6.33. The molecule has 2 saturated carbocycles. The molecule has 108 valence electrons. The number of aryl methyl sites for hydroxylation is 1. The quantitative estimate of drug-likeness (QED) is 0.730. The molecule has 20 heavy (non-hydrogen) atoms. The third kappa shape index (κ3) is 3.87. The van der Waals surface area contributed by atoms with E-state index < -0.39 is 20.8 Å². The summed E-state index contributed by atoms with van der Waals surface area (Å²) in [5.41, 5.74) is 1.77. The molecule has 1 aromatic rings. The Bertz CT molecular complexity index is 481. The number of benzene rings is 1. The number of hydrogen-bond acceptors (Lipinski definition) is 2. The van der Waals surface area contributed by atoms with Gasteiger partial charge in [-0.05, 0) is 56.1 Å². The summed E-state index contributed by atoms with van der Waals surface area (Å²) >= 11 is -0.826. The second-order valence-corrected chi connectivity index (χ2v) is 9.24. The van der Waals surface area contributed by atoms with Crippen LogP contribution in [-0.4, -0.2) is 17.4 Å². The number of aliphatic imine (C=N–C) groups is 1. The minimum atomic E-state index is -0.826. The van der Waals surface area contributed by atoms with Crippen LogP contribution in [0.25, 0.3) is 0 Å². The van der Waals surface area contributed by atoms with Crippen LogP contribution in [0.1, 0.15) is 36.8 Å². The molecule has 1 aromatic carbocycles. The van der Waals surface area contributed by atoms with E-state index in [4.69, 9.17) is 22.0 Å². The SMILES string of the molecule is Cc1cccc(C=NC2CCC3CCC32)c1O.[Cl][Zr][Cl]. The Morgan fingerprint density at radius 3 is 2.55 bits per heavy atom. The zero-order chi connectivity index (χ0) is 14.5. The van der Waals surface area contributed by atoms with Crippen molar-refractivity contribution in [2.24, 2.45) is 16.8 Å². The van der Waals surface area contributed by atoms with Gasteiger partial charge in [0, 0.05) is 11.8 Å². The molecule has 3 atom stereocenters. The van der Waals surface area contributed by atoms with Gasteiger partial charge in [-0.3, -0.25) is 4.99 Å². The van der Waals surface area contributed by atoms with Gasteiger partial charge in [0.2, 0.25) is 0 Å². The van der Waals surface area contributed by atoms with Crippen molar-refractivity contribution in [1.82, 2.24) is 0 Å². The molecule has 0 saturated heterocycles. The number of halogens is 2. The van der Waals surface area contributed by atoms with E-state index in [0.717, 1.165) is 23.0 Å². The first-order valence-electron chi connectivity index (χ1n) is 6.95. The normalized spacial score (nSPS) is 27.4. The van der Waals surface area contributed by atoms with Gasteiger partial charge in [-0.2, -0.15) is 0 Å². The second kappa shape index (κ2) is 7.96. The summed E-state index contributed by atoms with van der Waals surface area (Å²) in [6.07, 6.45) is 7.22. The average Bonchev–Trinajstić information content (AvgIpc) is 2.66. The molecule has 0 amide bonds. The number of aromatic hydroxyl groups is 1. The third-order valence-electron chi connectivity index (χ3n) is 4.48. The van der Waals surface area contributed by atoms with Crippen molar-refractivity contribution in [1.29, 1.82) is 0 Å². The first kappa shape index (κ1) is 16.5. The van der Waals surface area contributed by atoms with Crippen molar-refractivity contribution in [3.05, 3.63) is 29.3 Å². The molecule has 2 nitrogen and oxygen atoms in total. The van der Waals surface area contributed by atoms with Gasteiger partial charge in [-0.15, -0.1) is 0 Å². The van der Waals surface area contributed by atoms with Gasteiger partial charge in [0.15, 0.2) is 0 Å². The summed E-state index contributed by atoms with van der Waals surface area (Å²) in [5.74, 6) is 2.15. The fourth-order valence-electron chi connectivity index (χ4n) is 3.21. The molecule has 2 aliphatic carbocycles. The number of phenolic OH excluding ortho intramolecular Hbond substituents is 1.